The normalized spacial score (nSPS) is 21.7. The van der Waals surface area contributed by atoms with Gasteiger partial charge in [-0.05, 0) is 36.5 Å². The standard InChI is InChI=1S/C14H16N2O/c1-10-6-13(10)9-16(2)14(17)12-5-3-4-11(7-12)8-15/h3-5,7,10,13H,6,9H2,1-2H3. The Morgan fingerprint density at radius 1 is 1.59 bits per heavy atom. The summed E-state index contributed by atoms with van der Waals surface area (Å²) in [7, 11) is 1.83. The maximum atomic E-state index is 12.1. The van der Waals surface area contributed by atoms with Gasteiger partial charge in [-0.1, -0.05) is 13.0 Å². The van der Waals surface area contributed by atoms with Crippen molar-refractivity contribution in [2.45, 2.75) is 13.3 Å². The molecule has 1 amide bonds. The second-order valence-corrected chi connectivity index (χ2v) is 4.85. The van der Waals surface area contributed by atoms with Gasteiger partial charge in [-0.15, -0.1) is 0 Å². The maximum Gasteiger partial charge on any atom is 0.253 e. The van der Waals surface area contributed by atoms with Gasteiger partial charge in [0.2, 0.25) is 0 Å². The van der Waals surface area contributed by atoms with Crippen molar-refractivity contribution in [3.63, 3.8) is 0 Å². The molecule has 1 aromatic carbocycles. The maximum absolute atomic E-state index is 12.1. The average Bonchev–Trinajstić information content (AvgIpc) is 3.04. The Hall–Kier alpha value is -1.82. The van der Waals surface area contributed by atoms with E-state index in [1.807, 2.05) is 7.05 Å². The molecular formula is C14H16N2O. The van der Waals surface area contributed by atoms with Gasteiger partial charge >= 0.3 is 0 Å². The summed E-state index contributed by atoms with van der Waals surface area (Å²) in [4.78, 5) is 13.9. The molecule has 3 nitrogen and oxygen atoms in total. The number of hydrogen-bond donors (Lipinski definition) is 0. The third-order valence-corrected chi connectivity index (χ3v) is 3.37. The largest absolute Gasteiger partial charge is 0.341 e. The fourth-order valence-electron chi connectivity index (χ4n) is 2.03. The predicted molar refractivity (Wildman–Crippen MR) is 65.4 cm³/mol. The van der Waals surface area contributed by atoms with Gasteiger partial charge in [0.15, 0.2) is 0 Å². The van der Waals surface area contributed by atoms with Crippen LogP contribution in [0.25, 0.3) is 0 Å². The summed E-state index contributed by atoms with van der Waals surface area (Å²) in [5.74, 6) is 1.40. The summed E-state index contributed by atoms with van der Waals surface area (Å²) in [5, 5.41) is 8.80. The Bertz CT molecular complexity index is 475. The zero-order valence-corrected chi connectivity index (χ0v) is 10.2. The molecule has 0 aromatic heterocycles. The fraction of sp³-hybridized carbons (Fsp3) is 0.429. The van der Waals surface area contributed by atoms with E-state index in [4.69, 9.17) is 5.26 Å². The number of benzene rings is 1. The van der Waals surface area contributed by atoms with Crippen molar-refractivity contribution in [2.24, 2.45) is 11.8 Å². The van der Waals surface area contributed by atoms with E-state index in [1.54, 1.807) is 29.2 Å². The van der Waals surface area contributed by atoms with Crippen LogP contribution in [-0.2, 0) is 0 Å². The molecular weight excluding hydrogens is 212 g/mol. The molecule has 1 aromatic rings. The van der Waals surface area contributed by atoms with Crippen LogP contribution in [0.2, 0.25) is 0 Å². The van der Waals surface area contributed by atoms with Crippen molar-refractivity contribution in [3.05, 3.63) is 35.4 Å². The number of amides is 1. The number of rotatable bonds is 3. The summed E-state index contributed by atoms with van der Waals surface area (Å²) in [6.45, 7) is 3.02. The van der Waals surface area contributed by atoms with E-state index in [-0.39, 0.29) is 5.91 Å². The summed E-state index contributed by atoms with van der Waals surface area (Å²) in [6.07, 6.45) is 1.22. The summed E-state index contributed by atoms with van der Waals surface area (Å²) < 4.78 is 0. The van der Waals surface area contributed by atoms with Gasteiger partial charge in [-0.2, -0.15) is 5.26 Å². The molecule has 1 fully saturated rings. The lowest BCUT2D eigenvalue weighted by Gasteiger charge is -2.17. The van der Waals surface area contributed by atoms with Crippen molar-refractivity contribution in [2.75, 3.05) is 13.6 Å². The van der Waals surface area contributed by atoms with Gasteiger partial charge < -0.3 is 4.90 Å². The molecule has 2 atom stereocenters. The molecule has 0 spiro atoms. The summed E-state index contributed by atoms with van der Waals surface area (Å²) >= 11 is 0. The molecule has 17 heavy (non-hydrogen) atoms. The number of carbonyl (C=O) groups excluding carboxylic acids is 1. The van der Waals surface area contributed by atoms with Gasteiger partial charge in [-0.3, -0.25) is 4.79 Å². The van der Waals surface area contributed by atoms with E-state index in [2.05, 4.69) is 13.0 Å². The van der Waals surface area contributed by atoms with E-state index in [0.29, 0.717) is 17.0 Å². The number of hydrogen-bond acceptors (Lipinski definition) is 2. The topological polar surface area (TPSA) is 44.1 Å². The number of nitriles is 1. The lowest BCUT2D eigenvalue weighted by atomic mass is 10.1. The van der Waals surface area contributed by atoms with Crippen LogP contribution < -0.4 is 0 Å². The van der Waals surface area contributed by atoms with Gasteiger partial charge in [0, 0.05) is 19.2 Å². The average molecular weight is 228 g/mol. The van der Waals surface area contributed by atoms with E-state index in [0.717, 1.165) is 12.5 Å². The Labute approximate surface area is 102 Å². The van der Waals surface area contributed by atoms with Crippen molar-refractivity contribution >= 4 is 5.91 Å². The zero-order valence-electron chi connectivity index (χ0n) is 10.2. The van der Waals surface area contributed by atoms with Gasteiger partial charge in [0.05, 0.1) is 11.6 Å². The van der Waals surface area contributed by atoms with Crippen LogP contribution >= 0.6 is 0 Å². The molecule has 0 aliphatic heterocycles. The third kappa shape index (κ3) is 2.65. The molecule has 88 valence electrons. The summed E-state index contributed by atoms with van der Waals surface area (Å²) in [6, 6.07) is 8.92. The molecule has 3 heteroatoms. The van der Waals surface area contributed by atoms with Crippen LogP contribution in [0.5, 0.6) is 0 Å². The molecule has 0 bridgehead atoms. The lowest BCUT2D eigenvalue weighted by Crippen LogP contribution is -2.29. The van der Waals surface area contributed by atoms with Crippen LogP contribution in [0.1, 0.15) is 29.3 Å². The zero-order chi connectivity index (χ0) is 12.4. The van der Waals surface area contributed by atoms with E-state index in [9.17, 15) is 4.79 Å². The lowest BCUT2D eigenvalue weighted by molar-refractivity contribution is 0.0787. The second-order valence-electron chi connectivity index (χ2n) is 4.85. The monoisotopic (exact) mass is 228 g/mol. The first-order valence-electron chi connectivity index (χ1n) is 5.87. The molecule has 0 N–H and O–H groups in total. The Kier molecular flexibility index (Phi) is 3.14. The first-order valence-corrected chi connectivity index (χ1v) is 5.87. The van der Waals surface area contributed by atoms with Gasteiger partial charge in [0.25, 0.3) is 5.91 Å². The van der Waals surface area contributed by atoms with Crippen LogP contribution in [0.15, 0.2) is 24.3 Å². The predicted octanol–water partition coefficient (Wildman–Crippen LogP) is 2.29. The Morgan fingerprint density at radius 2 is 2.29 bits per heavy atom. The van der Waals surface area contributed by atoms with E-state index >= 15 is 0 Å². The van der Waals surface area contributed by atoms with Crippen LogP contribution in [0.3, 0.4) is 0 Å². The van der Waals surface area contributed by atoms with Crippen molar-refractivity contribution in [1.29, 1.82) is 5.26 Å². The first-order chi connectivity index (χ1) is 8.11. The minimum Gasteiger partial charge on any atom is -0.341 e. The molecule has 1 aliphatic carbocycles. The van der Waals surface area contributed by atoms with Gasteiger partial charge in [0.1, 0.15) is 0 Å². The Morgan fingerprint density at radius 3 is 2.88 bits per heavy atom. The molecule has 0 heterocycles. The van der Waals surface area contributed by atoms with E-state index in [1.165, 1.54) is 6.42 Å². The molecule has 2 unspecified atom stereocenters. The molecule has 1 saturated carbocycles. The smallest absolute Gasteiger partial charge is 0.253 e. The van der Waals surface area contributed by atoms with Crippen LogP contribution in [0, 0.1) is 23.2 Å². The highest BCUT2D eigenvalue weighted by atomic mass is 16.2. The fourth-order valence-corrected chi connectivity index (χ4v) is 2.03. The summed E-state index contributed by atoms with van der Waals surface area (Å²) in [5.41, 5.74) is 1.13. The van der Waals surface area contributed by atoms with E-state index < -0.39 is 0 Å². The van der Waals surface area contributed by atoms with Crippen LogP contribution in [-0.4, -0.2) is 24.4 Å². The number of carbonyl (C=O) groups is 1. The SMILES string of the molecule is CC1CC1CN(C)C(=O)c1cccc(C#N)c1. The highest BCUT2D eigenvalue weighted by Gasteiger charge is 2.34. The van der Waals surface area contributed by atoms with Crippen molar-refractivity contribution in [3.8, 4) is 6.07 Å². The van der Waals surface area contributed by atoms with Crippen molar-refractivity contribution < 1.29 is 4.79 Å². The Balaban J connectivity index is 2.05. The highest BCUT2D eigenvalue weighted by Crippen LogP contribution is 2.38. The van der Waals surface area contributed by atoms with Crippen LogP contribution in [0.4, 0.5) is 0 Å². The van der Waals surface area contributed by atoms with Gasteiger partial charge in [-0.25, -0.2) is 0 Å². The molecule has 1 aliphatic rings. The first kappa shape index (κ1) is 11.7. The molecule has 0 saturated heterocycles. The minimum atomic E-state index is 0.00111. The molecule has 2 rings (SSSR count). The highest BCUT2D eigenvalue weighted by molar-refractivity contribution is 5.94. The minimum absolute atomic E-state index is 0.00111. The second kappa shape index (κ2) is 4.58. The quantitative estimate of drug-likeness (QED) is 0.796. The van der Waals surface area contributed by atoms with Crippen molar-refractivity contribution in [1.82, 2.24) is 4.90 Å². The number of nitrogens with zero attached hydrogens (tertiary/aromatic N) is 2. The third-order valence-electron chi connectivity index (χ3n) is 3.37. The molecule has 0 radical (unpaired) electrons.